The molecule has 5 rings (SSSR count). The number of carbonyl (C=O) groups is 1. The summed E-state index contributed by atoms with van der Waals surface area (Å²) in [6.07, 6.45) is 3.66. The molecule has 1 aromatic heterocycles. The van der Waals surface area contributed by atoms with E-state index in [2.05, 4.69) is 21.0 Å². The molecule has 1 aliphatic rings. The number of aryl methyl sites for hydroxylation is 1. The van der Waals surface area contributed by atoms with Crippen molar-refractivity contribution in [1.82, 2.24) is 9.78 Å². The van der Waals surface area contributed by atoms with E-state index in [9.17, 15) is 14.3 Å². The first-order chi connectivity index (χ1) is 16.3. The van der Waals surface area contributed by atoms with Gasteiger partial charge in [0.25, 0.3) is 0 Å². The molecule has 3 N–H and O–H groups in total. The van der Waals surface area contributed by atoms with Gasteiger partial charge in [0.2, 0.25) is 0 Å². The van der Waals surface area contributed by atoms with E-state index >= 15 is 0 Å². The first-order valence-electron chi connectivity index (χ1n) is 10.5. The molecule has 0 atom stereocenters. The minimum absolute atomic E-state index is 0.119. The second kappa shape index (κ2) is 8.46. The maximum absolute atomic E-state index is 13.9. The number of Topliss-reactive ketones (excluding diaryl/α,β-unsaturated/α-hetero) is 1. The number of hydrogen-bond donors (Lipinski definition) is 2. The predicted octanol–water partition coefficient (Wildman–Crippen LogP) is 5.98. The summed E-state index contributed by atoms with van der Waals surface area (Å²) < 4.78 is 21.6. The number of ketones is 1. The topological polar surface area (TPSA) is 90.4 Å². The van der Waals surface area contributed by atoms with E-state index in [1.165, 1.54) is 16.9 Å². The molecule has 0 saturated carbocycles. The van der Waals surface area contributed by atoms with E-state index in [0.29, 0.717) is 33.5 Å². The molecular formula is C26H19BrFN3O3. The van der Waals surface area contributed by atoms with Gasteiger partial charge in [0.15, 0.2) is 17.3 Å². The second-order valence-corrected chi connectivity index (χ2v) is 8.87. The number of halogens is 2. The van der Waals surface area contributed by atoms with Crippen LogP contribution in [0.5, 0.6) is 17.2 Å². The number of anilines is 1. The molecule has 1 aliphatic carbocycles. The molecule has 0 fully saturated rings. The molecule has 0 bridgehead atoms. The summed E-state index contributed by atoms with van der Waals surface area (Å²) in [7, 11) is 0. The zero-order valence-electron chi connectivity index (χ0n) is 18.0. The van der Waals surface area contributed by atoms with E-state index in [-0.39, 0.29) is 23.1 Å². The zero-order valence-corrected chi connectivity index (χ0v) is 19.6. The monoisotopic (exact) mass is 519 g/mol. The Morgan fingerprint density at radius 2 is 2.00 bits per heavy atom. The number of aromatic hydroxyl groups is 1. The molecule has 0 saturated heterocycles. The van der Waals surface area contributed by atoms with Crippen LogP contribution < -0.4 is 10.5 Å². The highest BCUT2D eigenvalue weighted by atomic mass is 79.9. The molecule has 0 unspecified atom stereocenters. The lowest BCUT2D eigenvalue weighted by atomic mass is 10.0. The summed E-state index contributed by atoms with van der Waals surface area (Å²) in [6.45, 7) is 1.85. The number of hydrogen-bond acceptors (Lipinski definition) is 5. The highest BCUT2D eigenvalue weighted by molar-refractivity contribution is 9.10. The summed E-state index contributed by atoms with van der Waals surface area (Å²) in [5.74, 6) is 0.275. The number of phenols is 1. The van der Waals surface area contributed by atoms with Crippen LogP contribution in [0.3, 0.4) is 0 Å². The van der Waals surface area contributed by atoms with Gasteiger partial charge in [-0.2, -0.15) is 5.10 Å². The number of phenolic OH excluding ortho intramolecular Hbond substituents is 1. The molecule has 0 spiro atoms. The van der Waals surface area contributed by atoms with Crippen molar-refractivity contribution in [1.29, 1.82) is 0 Å². The largest absolute Gasteiger partial charge is 0.507 e. The lowest BCUT2D eigenvalue weighted by Crippen LogP contribution is -2.09. The molecule has 170 valence electrons. The number of nitrogens with zero attached hydrogens (tertiary/aromatic N) is 2. The predicted molar refractivity (Wildman–Crippen MR) is 131 cm³/mol. The molecule has 0 aliphatic heterocycles. The number of ether oxygens (including phenoxy) is 1. The van der Waals surface area contributed by atoms with Crippen LogP contribution >= 0.6 is 15.9 Å². The van der Waals surface area contributed by atoms with Gasteiger partial charge in [-0.15, -0.1) is 0 Å². The number of rotatable bonds is 5. The summed E-state index contributed by atoms with van der Waals surface area (Å²) in [5.41, 5.74) is 10.4. The van der Waals surface area contributed by atoms with Gasteiger partial charge in [-0.3, -0.25) is 4.79 Å². The minimum atomic E-state index is -0.449. The Bertz CT molecular complexity index is 1490. The Kier molecular flexibility index (Phi) is 5.45. The number of nitrogen functional groups attached to an aromatic ring is 1. The van der Waals surface area contributed by atoms with Crippen molar-refractivity contribution in [2.45, 2.75) is 13.3 Å². The maximum Gasteiger partial charge on any atom is 0.194 e. The van der Waals surface area contributed by atoms with Gasteiger partial charge in [0.05, 0.1) is 21.9 Å². The van der Waals surface area contributed by atoms with Crippen molar-refractivity contribution in [2.75, 3.05) is 5.73 Å². The molecule has 1 heterocycles. The SMILES string of the molecule is Cc1cc(Oc2ccccc2F)ccc1-n1ncc(C(=O)C2=Cc3cc(O)c(Br)cc3C2)c1N. The third-order valence-electron chi connectivity index (χ3n) is 5.72. The van der Waals surface area contributed by atoms with Gasteiger partial charge >= 0.3 is 0 Å². The second-order valence-electron chi connectivity index (χ2n) is 8.01. The minimum Gasteiger partial charge on any atom is -0.507 e. The number of para-hydroxylation sites is 1. The van der Waals surface area contributed by atoms with Crippen molar-refractivity contribution in [3.05, 3.63) is 98.9 Å². The van der Waals surface area contributed by atoms with Gasteiger partial charge in [-0.05, 0) is 88.1 Å². The van der Waals surface area contributed by atoms with Crippen LogP contribution in [0.25, 0.3) is 11.8 Å². The standard InChI is InChI=1S/C26H19BrFN3O3/c1-14-8-18(34-24-5-3-2-4-21(24)28)6-7-22(14)31-26(29)19(13-30-31)25(33)17-9-15-11-20(27)23(32)12-16(15)10-17/h2-8,10-13,32H,9,29H2,1H3. The van der Waals surface area contributed by atoms with Crippen LogP contribution in [-0.4, -0.2) is 20.7 Å². The van der Waals surface area contributed by atoms with Crippen LogP contribution in [0.2, 0.25) is 0 Å². The summed E-state index contributed by atoms with van der Waals surface area (Å²) in [4.78, 5) is 13.2. The highest BCUT2D eigenvalue weighted by Gasteiger charge is 2.25. The Morgan fingerprint density at radius 1 is 1.21 bits per heavy atom. The first kappa shape index (κ1) is 21.9. The lowest BCUT2D eigenvalue weighted by Gasteiger charge is -2.12. The Balaban J connectivity index is 1.40. The zero-order chi connectivity index (χ0) is 24.0. The molecule has 4 aromatic rings. The van der Waals surface area contributed by atoms with E-state index in [1.54, 1.807) is 48.5 Å². The molecule has 6 nitrogen and oxygen atoms in total. The van der Waals surface area contributed by atoms with E-state index in [4.69, 9.17) is 10.5 Å². The quantitative estimate of drug-likeness (QED) is 0.316. The molecule has 3 aromatic carbocycles. The van der Waals surface area contributed by atoms with Crippen molar-refractivity contribution in [2.24, 2.45) is 0 Å². The Labute approximate surface area is 203 Å². The maximum atomic E-state index is 13.9. The van der Waals surface area contributed by atoms with Crippen molar-refractivity contribution < 1.29 is 19.0 Å². The van der Waals surface area contributed by atoms with E-state index < -0.39 is 5.82 Å². The number of benzene rings is 3. The summed E-state index contributed by atoms with van der Waals surface area (Å²) in [6, 6.07) is 14.8. The van der Waals surface area contributed by atoms with Crippen LogP contribution in [-0.2, 0) is 6.42 Å². The Hall–Kier alpha value is -3.91. The van der Waals surface area contributed by atoms with E-state index in [1.807, 2.05) is 13.0 Å². The van der Waals surface area contributed by atoms with Gasteiger partial charge in [0, 0.05) is 12.0 Å². The van der Waals surface area contributed by atoms with Crippen molar-refractivity contribution in [3.8, 4) is 22.9 Å². The van der Waals surface area contributed by atoms with Gasteiger partial charge in [-0.25, -0.2) is 9.07 Å². The number of carbonyl (C=O) groups excluding carboxylic acids is 1. The molecular weight excluding hydrogens is 501 g/mol. The normalized spacial score (nSPS) is 12.4. The van der Waals surface area contributed by atoms with Crippen LogP contribution in [0.4, 0.5) is 10.2 Å². The summed E-state index contributed by atoms with van der Waals surface area (Å²) >= 11 is 3.31. The molecule has 8 heteroatoms. The van der Waals surface area contributed by atoms with Crippen molar-refractivity contribution in [3.63, 3.8) is 0 Å². The summed E-state index contributed by atoms with van der Waals surface area (Å²) in [5, 5.41) is 14.3. The van der Waals surface area contributed by atoms with Crippen LogP contribution in [0.15, 0.2) is 70.8 Å². The van der Waals surface area contributed by atoms with Crippen LogP contribution in [0.1, 0.15) is 27.0 Å². The van der Waals surface area contributed by atoms with Gasteiger partial charge in [0.1, 0.15) is 17.3 Å². The lowest BCUT2D eigenvalue weighted by molar-refractivity contribution is 0.103. The number of fused-ring (bicyclic) bond motifs is 1. The van der Waals surface area contributed by atoms with E-state index in [0.717, 1.165) is 16.7 Å². The average molecular weight is 520 g/mol. The first-order valence-corrected chi connectivity index (χ1v) is 11.2. The van der Waals surface area contributed by atoms with Crippen LogP contribution in [0, 0.1) is 12.7 Å². The molecule has 0 amide bonds. The molecule has 0 radical (unpaired) electrons. The smallest absolute Gasteiger partial charge is 0.194 e. The average Bonchev–Trinajstić information content (AvgIpc) is 3.39. The number of nitrogens with two attached hydrogens (primary N) is 1. The van der Waals surface area contributed by atoms with Gasteiger partial charge < -0.3 is 15.6 Å². The third-order valence-corrected chi connectivity index (χ3v) is 6.36. The fraction of sp³-hybridized carbons (Fsp3) is 0.0769. The Morgan fingerprint density at radius 3 is 2.76 bits per heavy atom. The van der Waals surface area contributed by atoms with Gasteiger partial charge in [-0.1, -0.05) is 12.1 Å². The third kappa shape index (κ3) is 3.86. The fourth-order valence-electron chi connectivity index (χ4n) is 3.98. The fourth-order valence-corrected chi connectivity index (χ4v) is 4.37. The number of aromatic nitrogens is 2. The van der Waals surface area contributed by atoms with Crippen molar-refractivity contribution >= 4 is 33.6 Å². The molecule has 34 heavy (non-hydrogen) atoms. The highest BCUT2D eigenvalue weighted by Crippen LogP contribution is 2.35. The number of allylic oxidation sites excluding steroid dienone is 1.